The highest BCUT2D eigenvalue weighted by atomic mass is 32.2. The van der Waals surface area contributed by atoms with Crippen LogP contribution in [0.15, 0.2) is 75.1 Å². The number of carbonyl (C=O) groups excluding carboxylic acids is 1. The van der Waals surface area contributed by atoms with Crippen molar-refractivity contribution in [2.45, 2.75) is 11.8 Å². The maximum atomic E-state index is 12.0. The molecule has 0 atom stereocenters. The van der Waals surface area contributed by atoms with E-state index in [9.17, 15) is 13.2 Å². The van der Waals surface area contributed by atoms with Crippen molar-refractivity contribution < 1.29 is 17.6 Å². The molecule has 3 N–H and O–H groups in total. The van der Waals surface area contributed by atoms with Gasteiger partial charge in [0.2, 0.25) is 10.0 Å². The molecular formula is C19H17N3O4S. The minimum atomic E-state index is -3.73. The first kappa shape index (κ1) is 18.6. The van der Waals surface area contributed by atoms with Gasteiger partial charge in [0.15, 0.2) is 0 Å². The first-order valence-electron chi connectivity index (χ1n) is 7.96. The molecule has 0 saturated carbocycles. The van der Waals surface area contributed by atoms with E-state index >= 15 is 0 Å². The summed E-state index contributed by atoms with van der Waals surface area (Å²) in [5, 5.41) is 8.95. The summed E-state index contributed by atoms with van der Waals surface area (Å²) in [5.74, 6) is 0.642. The van der Waals surface area contributed by atoms with E-state index in [1.165, 1.54) is 18.3 Å². The van der Waals surface area contributed by atoms with Crippen LogP contribution in [0.5, 0.6) is 0 Å². The Hall–Kier alpha value is -3.23. The Kier molecular flexibility index (Phi) is 5.20. The third kappa shape index (κ3) is 4.69. The highest BCUT2D eigenvalue weighted by Gasteiger charge is 2.09. The Morgan fingerprint density at radius 2 is 1.70 bits per heavy atom. The van der Waals surface area contributed by atoms with Gasteiger partial charge < -0.3 is 4.42 Å². The molecule has 2 aromatic carbocycles. The normalized spacial score (nSPS) is 11.6. The summed E-state index contributed by atoms with van der Waals surface area (Å²) in [6.45, 7) is 1.94. The van der Waals surface area contributed by atoms with Gasteiger partial charge in [-0.15, -0.1) is 0 Å². The average Bonchev–Trinajstić information content (AvgIpc) is 3.10. The predicted octanol–water partition coefficient (Wildman–Crippen LogP) is 2.67. The molecule has 0 saturated heterocycles. The van der Waals surface area contributed by atoms with Crippen LogP contribution in [0.3, 0.4) is 0 Å². The van der Waals surface area contributed by atoms with Crippen LogP contribution >= 0.6 is 0 Å². The van der Waals surface area contributed by atoms with Crippen LogP contribution in [0, 0.1) is 6.92 Å². The molecule has 27 heavy (non-hydrogen) atoms. The fourth-order valence-electron chi connectivity index (χ4n) is 2.31. The van der Waals surface area contributed by atoms with Gasteiger partial charge in [0.25, 0.3) is 5.91 Å². The fraction of sp³-hybridized carbons (Fsp3) is 0.0526. The second-order valence-electron chi connectivity index (χ2n) is 5.84. The summed E-state index contributed by atoms with van der Waals surface area (Å²) >= 11 is 0. The monoisotopic (exact) mass is 383 g/mol. The molecule has 1 aromatic heterocycles. The number of amides is 1. The Morgan fingerprint density at radius 3 is 2.33 bits per heavy atom. The third-order valence-corrected chi connectivity index (χ3v) is 4.70. The standard InChI is InChI=1S/C19H17N3O4S/c1-13-2-4-15(5-3-13)19(23)22-21-12-16-8-11-18(26-16)14-6-9-17(10-7-14)27(20,24)25/h2-12H,1H3,(H,22,23)(H2,20,24,25)/b21-12-. The molecule has 0 bridgehead atoms. The summed E-state index contributed by atoms with van der Waals surface area (Å²) in [4.78, 5) is 12.0. The summed E-state index contributed by atoms with van der Waals surface area (Å²) in [5.41, 5.74) is 4.69. The topological polar surface area (TPSA) is 115 Å². The number of furan rings is 1. The number of benzene rings is 2. The number of carbonyl (C=O) groups is 1. The number of hydrogen-bond donors (Lipinski definition) is 2. The SMILES string of the molecule is Cc1ccc(C(=O)N/N=C\c2ccc(-c3ccc(S(N)(=O)=O)cc3)o2)cc1. The summed E-state index contributed by atoms with van der Waals surface area (Å²) in [6, 6.07) is 16.5. The molecule has 0 spiro atoms. The molecule has 0 aliphatic carbocycles. The molecule has 3 rings (SSSR count). The Bertz CT molecular complexity index is 1080. The summed E-state index contributed by atoms with van der Waals surface area (Å²) in [7, 11) is -3.73. The van der Waals surface area contributed by atoms with E-state index in [-0.39, 0.29) is 10.8 Å². The van der Waals surface area contributed by atoms with Crippen molar-refractivity contribution in [3.8, 4) is 11.3 Å². The number of nitrogens with two attached hydrogens (primary N) is 1. The highest BCUT2D eigenvalue weighted by Crippen LogP contribution is 2.22. The van der Waals surface area contributed by atoms with E-state index in [1.807, 2.05) is 19.1 Å². The Balaban J connectivity index is 1.66. The third-order valence-electron chi connectivity index (χ3n) is 3.77. The molecule has 8 heteroatoms. The number of hydrazone groups is 1. The zero-order chi connectivity index (χ0) is 19.4. The maximum Gasteiger partial charge on any atom is 0.271 e. The van der Waals surface area contributed by atoms with Crippen molar-refractivity contribution in [1.29, 1.82) is 0 Å². The molecule has 3 aromatic rings. The van der Waals surface area contributed by atoms with Crippen LogP contribution in [-0.2, 0) is 10.0 Å². The number of primary sulfonamides is 1. The van der Waals surface area contributed by atoms with E-state index in [0.29, 0.717) is 22.6 Å². The minimum absolute atomic E-state index is 0.0263. The zero-order valence-electron chi connectivity index (χ0n) is 14.4. The first-order valence-corrected chi connectivity index (χ1v) is 9.51. The van der Waals surface area contributed by atoms with Crippen LogP contribution in [0.1, 0.15) is 21.7 Å². The Labute approximate surface area is 156 Å². The van der Waals surface area contributed by atoms with Crippen molar-refractivity contribution in [3.63, 3.8) is 0 Å². The first-order chi connectivity index (χ1) is 12.8. The molecule has 0 aliphatic heterocycles. The molecule has 0 radical (unpaired) electrons. The number of nitrogens with one attached hydrogen (secondary N) is 1. The number of rotatable bonds is 5. The van der Waals surface area contributed by atoms with Gasteiger partial charge in [0.05, 0.1) is 11.1 Å². The number of sulfonamides is 1. The van der Waals surface area contributed by atoms with Crippen molar-refractivity contribution in [1.82, 2.24) is 5.43 Å². The van der Waals surface area contributed by atoms with Gasteiger partial charge in [-0.1, -0.05) is 17.7 Å². The largest absolute Gasteiger partial charge is 0.455 e. The van der Waals surface area contributed by atoms with E-state index in [2.05, 4.69) is 10.5 Å². The van der Waals surface area contributed by atoms with E-state index < -0.39 is 10.0 Å². The zero-order valence-corrected chi connectivity index (χ0v) is 15.2. The lowest BCUT2D eigenvalue weighted by Gasteiger charge is -2.00. The lowest BCUT2D eigenvalue weighted by molar-refractivity contribution is 0.0955. The van der Waals surface area contributed by atoms with Crippen molar-refractivity contribution >= 4 is 22.1 Å². The number of aryl methyl sites for hydroxylation is 1. The lowest BCUT2D eigenvalue weighted by atomic mass is 10.1. The van der Waals surface area contributed by atoms with Crippen molar-refractivity contribution in [2.75, 3.05) is 0 Å². The van der Waals surface area contributed by atoms with Gasteiger partial charge in [-0.2, -0.15) is 5.10 Å². The van der Waals surface area contributed by atoms with Gasteiger partial charge in [-0.05, 0) is 55.5 Å². The van der Waals surface area contributed by atoms with Gasteiger partial charge in [0.1, 0.15) is 11.5 Å². The fourth-order valence-corrected chi connectivity index (χ4v) is 2.83. The summed E-state index contributed by atoms with van der Waals surface area (Å²) < 4.78 is 28.2. The van der Waals surface area contributed by atoms with E-state index in [4.69, 9.17) is 9.56 Å². The Morgan fingerprint density at radius 1 is 1.04 bits per heavy atom. The van der Waals surface area contributed by atoms with Crippen LogP contribution in [0.4, 0.5) is 0 Å². The molecule has 0 aliphatic rings. The molecular weight excluding hydrogens is 366 g/mol. The molecule has 7 nitrogen and oxygen atoms in total. The maximum absolute atomic E-state index is 12.0. The van der Waals surface area contributed by atoms with Crippen molar-refractivity contribution in [2.24, 2.45) is 10.2 Å². The lowest BCUT2D eigenvalue weighted by Crippen LogP contribution is -2.17. The van der Waals surface area contributed by atoms with Crippen LogP contribution in [-0.4, -0.2) is 20.5 Å². The molecule has 1 amide bonds. The van der Waals surface area contributed by atoms with E-state index in [1.54, 1.807) is 36.4 Å². The number of hydrogen-bond acceptors (Lipinski definition) is 5. The van der Waals surface area contributed by atoms with Gasteiger partial charge in [-0.25, -0.2) is 19.0 Å². The molecule has 0 unspecified atom stereocenters. The van der Waals surface area contributed by atoms with Gasteiger partial charge >= 0.3 is 0 Å². The van der Waals surface area contributed by atoms with Crippen LogP contribution in [0.2, 0.25) is 0 Å². The quantitative estimate of drug-likeness (QED) is 0.520. The second-order valence-corrected chi connectivity index (χ2v) is 7.40. The average molecular weight is 383 g/mol. The van der Waals surface area contributed by atoms with E-state index in [0.717, 1.165) is 5.56 Å². The molecule has 0 fully saturated rings. The second kappa shape index (κ2) is 7.56. The predicted molar refractivity (Wildman–Crippen MR) is 102 cm³/mol. The van der Waals surface area contributed by atoms with Gasteiger partial charge in [0, 0.05) is 11.1 Å². The van der Waals surface area contributed by atoms with Crippen molar-refractivity contribution in [3.05, 3.63) is 77.6 Å². The highest BCUT2D eigenvalue weighted by molar-refractivity contribution is 7.89. The minimum Gasteiger partial charge on any atom is -0.455 e. The van der Waals surface area contributed by atoms with Crippen LogP contribution < -0.4 is 10.6 Å². The van der Waals surface area contributed by atoms with Crippen LogP contribution in [0.25, 0.3) is 11.3 Å². The number of nitrogens with zero attached hydrogens (tertiary/aromatic N) is 1. The molecule has 1 heterocycles. The summed E-state index contributed by atoms with van der Waals surface area (Å²) in [6.07, 6.45) is 1.38. The molecule has 138 valence electrons. The smallest absolute Gasteiger partial charge is 0.271 e. The van der Waals surface area contributed by atoms with Gasteiger partial charge in [-0.3, -0.25) is 4.79 Å².